The van der Waals surface area contributed by atoms with Gasteiger partial charge in [0.2, 0.25) is 0 Å². The van der Waals surface area contributed by atoms with E-state index >= 15 is 0 Å². The molecule has 26 rings (SSSR count). The average Bonchev–Trinajstić information content (AvgIpc) is 1.59. The van der Waals surface area contributed by atoms with Crippen molar-refractivity contribution in [3.63, 3.8) is 0 Å². The van der Waals surface area contributed by atoms with E-state index < -0.39 is 0 Å². The van der Waals surface area contributed by atoms with Crippen LogP contribution in [0.25, 0.3) is 39.5 Å². The Morgan fingerprint density at radius 1 is 0.391 bits per heavy atom. The third-order valence-electron chi connectivity index (χ3n) is 32.4. The summed E-state index contributed by atoms with van der Waals surface area (Å²) in [6, 6.07) is 46.9. The Morgan fingerprint density at radius 2 is 0.850 bits per heavy atom. The van der Waals surface area contributed by atoms with E-state index in [1.807, 2.05) is 116 Å². The molecule has 19 aliphatic rings. The zero-order chi connectivity index (χ0) is 90.7. The van der Waals surface area contributed by atoms with Gasteiger partial charge in [-0.15, -0.1) is 0 Å². The van der Waals surface area contributed by atoms with E-state index in [1.54, 1.807) is 32.1 Å². The zero-order valence-electron chi connectivity index (χ0n) is 77.0. The molecule has 4 amide bonds. The summed E-state index contributed by atoms with van der Waals surface area (Å²) in [7, 11) is 0. The van der Waals surface area contributed by atoms with Crippen LogP contribution in [0.5, 0.6) is 11.5 Å². The molecule has 15 aliphatic carbocycles. The number of ketones is 1. The number of epoxide rings is 2. The predicted molar refractivity (Wildman–Crippen MR) is 519 cm³/mol. The van der Waals surface area contributed by atoms with Gasteiger partial charge in [0.1, 0.15) is 23.2 Å². The highest BCUT2D eigenvalue weighted by atomic mass is 16.6. The van der Waals surface area contributed by atoms with Crippen LogP contribution in [-0.4, -0.2) is 117 Å². The SMILES string of the molecule is C1=CC2CC1CC2CC1CO1.C1=CC2CC1CC2COCC1CO1.CC1=C(C)C(=O)N(CC2CC3C=CC2C3)C1=O.Cc1ccc(/C=C/C(=O)OCC2CC3C=CC2C3)cc1.O=C(/C=C/c1ccc2ccccc2c1)c1ccc(OCC2CC3C=CC2C3)cc1.O=C1C2=C(C(=O)N1CC1CC3C=CC1C3)c1ccccc1CC2.O=c1ccc2ccc(OCC3CC4C=CC3C4)cc2o1. The number of rotatable bonds is 23. The molecule has 23 atom stereocenters. The van der Waals surface area contributed by atoms with Gasteiger partial charge < -0.3 is 32.8 Å². The molecule has 0 spiro atoms. The number of hydrogen-bond acceptors (Lipinski definition) is 14. The Balaban J connectivity index is 0.0000000982. The zero-order valence-corrected chi connectivity index (χ0v) is 77.0. The molecule has 9 fully saturated rings. The maximum atomic E-state index is 12.9. The number of fused-ring (bicyclic) bond motifs is 18. The molecule has 2 saturated heterocycles. The van der Waals surface area contributed by atoms with Crippen molar-refractivity contribution in [1.82, 2.24) is 9.80 Å². The number of carbonyl (C=O) groups excluding carboxylic acids is 6. The molecule has 16 heteroatoms. The number of allylic oxidation sites excluding steroid dienone is 15. The number of ether oxygens (including phenoxy) is 6. The molecular formula is C117H126N2O14. The van der Waals surface area contributed by atoms with Crippen LogP contribution in [0.1, 0.15) is 155 Å². The molecule has 7 saturated carbocycles. The molecule has 0 radical (unpaired) electrons. The smallest absolute Gasteiger partial charge is 0.336 e. The van der Waals surface area contributed by atoms with Crippen LogP contribution in [-0.2, 0) is 49.3 Å². The molecule has 688 valence electrons. The van der Waals surface area contributed by atoms with Gasteiger partial charge >= 0.3 is 11.6 Å². The summed E-state index contributed by atoms with van der Waals surface area (Å²) in [4.78, 5) is 88.1. The second-order valence-corrected chi connectivity index (χ2v) is 41.4. The number of imide groups is 2. The Hall–Kier alpha value is -11.2. The van der Waals surface area contributed by atoms with Crippen molar-refractivity contribution >= 4 is 74.8 Å². The highest BCUT2D eigenvalue weighted by Crippen LogP contribution is 2.51. The topological polar surface area (TPSA) is 201 Å². The van der Waals surface area contributed by atoms with Gasteiger partial charge in [0, 0.05) is 59.0 Å². The van der Waals surface area contributed by atoms with Gasteiger partial charge in [0.05, 0.1) is 57.9 Å². The number of amides is 4. The minimum atomic E-state index is -0.326. The van der Waals surface area contributed by atoms with Gasteiger partial charge in [0.15, 0.2) is 5.78 Å². The summed E-state index contributed by atoms with van der Waals surface area (Å²) in [5.41, 5.74) is 9.03. The maximum absolute atomic E-state index is 12.9. The lowest BCUT2D eigenvalue weighted by Crippen LogP contribution is -2.37. The quantitative estimate of drug-likeness (QED) is 0.0111. The molecule has 0 N–H and O–H groups in total. The molecule has 5 heterocycles. The lowest BCUT2D eigenvalue weighted by atomic mass is 9.87. The maximum Gasteiger partial charge on any atom is 0.336 e. The number of esters is 1. The van der Waals surface area contributed by atoms with Gasteiger partial charge in [-0.05, 0) is 348 Å². The Labute approximate surface area is 782 Å². The van der Waals surface area contributed by atoms with E-state index in [-0.39, 0.29) is 41.0 Å². The van der Waals surface area contributed by atoms with Crippen LogP contribution in [0.15, 0.2) is 269 Å². The summed E-state index contributed by atoms with van der Waals surface area (Å²) >= 11 is 0. The first-order chi connectivity index (χ1) is 64.8. The van der Waals surface area contributed by atoms with Crippen molar-refractivity contribution in [3.8, 4) is 11.5 Å². The highest BCUT2D eigenvalue weighted by molar-refractivity contribution is 6.36. The van der Waals surface area contributed by atoms with E-state index in [9.17, 15) is 33.6 Å². The number of nitrogens with zero attached hydrogens (tertiary/aromatic N) is 2. The van der Waals surface area contributed by atoms with Crippen molar-refractivity contribution in [3.05, 3.63) is 303 Å². The number of benzene rings is 6. The van der Waals surface area contributed by atoms with Crippen LogP contribution >= 0.6 is 0 Å². The normalized spacial score (nSPS) is 31.9. The second-order valence-electron chi connectivity index (χ2n) is 41.4. The third kappa shape index (κ3) is 21.3. The largest absolute Gasteiger partial charge is 0.493 e. The predicted octanol–water partition coefficient (Wildman–Crippen LogP) is 21.9. The minimum Gasteiger partial charge on any atom is -0.493 e. The van der Waals surface area contributed by atoms with Crippen LogP contribution < -0.4 is 15.1 Å². The Kier molecular flexibility index (Phi) is 27.1. The number of carbonyl (C=O) groups is 6. The molecule has 4 aliphatic heterocycles. The van der Waals surface area contributed by atoms with E-state index in [0.717, 1.165) is 151 Å². The van der Waals surface area contributed by atoms with Gasteiger partial charge in [-0.1, -0.05) is 182 Å². The molecule has 1 aromatic heterocycles. The summed E-state index contributed by atoms with van der Waals surface area (Å²) < 4.78 is 38.4. The molecule has 6 aromatic carbocycles. The van der Waals surface area contributed by atoms with Crippen molar-refractivity contribution in [2.75, 3.05) is 59.3 Å². The van der Waals surface area contributed by atoms with Gasteiger partial charge in [-0.2, -0.15) is 0 Å². The van der Waals surface area contributed by atoms with Gasteiger partial charge in [-0.25, -0.2) is 9.59 Å². The fourth-order valence-corrected chi connectivity index (χ4v) is 24.7. The molecule has 23 unspecified atom stereocenters. The van der Waals surface area contributed by atoms with Crippen LogP contribution in [0, 0.1) is 131 Å². The van der Waals surface area contributed by atoms with Crippen molar-refractivity contribution in [1.29, 1.82) is 0 Å². The van der Waals surface area contributed by atoms with Crippen molar-refractivity contribution in [2.45, 2.75) is 142 Å². The minimum absolute atomic E-state index is 0.00273. The van der Waals surface area contributed by atoms with Gasteiger partial charge in [0.25, 0.3) is 23.6 Å². The lowest BCUT2D eigenvalue weighted by Gasteiger charge is -2.24. The standard InChI is InChI=1S/C27H24O2.C20H19NO2.C18H20O2.C17H16O3.C14H17NO2.C11H16O2.C10H14O/c28-27(14-7-19-5-8-21-3-1-2-4-23(21)15-19)22-10-12-26(13-11-22)29-18-25-17-20-6-9-24(25)16-20;22-19-17-8-7-13-3-1-2-4-16(13)18(17)20(23)21(19)11-15-10-12-5-6-14(15)9-12;1-13-2-4-14(5-3-13)7-9-18(19)20-12-17-11-15-6-8-16(17)10-15;18-17-6-4-12-3-5-15(9-16(12)20-17)19-10-14-8-11-1-2-13(14)7-11;1-8-9(2)14(17)15(13(8)16)7-12-6-10-3-4-11(12)5-10;1-2-9-3-8(1)4-10(9)5-12-6-11-7-13-11;1-2-8-3-7(1)4-9(8)5-10-6-11-10/h1-15,20,24-25H,16-18H2;1-6,12,14-15H,7-11H2;2-9,15-17H,10-12H2,1H3;1-6,9,11,13-14H,7-8,10H2;3-4,10-12H,5-7H2,1-2H3;1-2,8-11H,3-7H2;1-2,7-10H,3-6H2/b14-7+;;9-7+;;;;. The van der Waals surface area contributed by atoms with E-state index in [2.05, 4.69) is 115 Å². The molecule has 7 aromatic rings. The van der Waals surface area contributed by atoms with Gasteiger partial charge in [-0.3, -0.25) is 33.8 Å². The fourth-order valence-electron chi connectivity index (χ4n) is 24.7. The Bertz CT molecular complexity index is 5920. The first-order valence-electron chi connectivity index (χ1n) is 49.7. The van der Waals surface area contributed by atoms with E-state index in [1.165, 1.54) is 127 Å². The summed E-state index contributed by atoms with van der Waals surface area (Å²) in [6.07, 6.45) is 61.3. The third-order valence-corrected chi connectivity index (χ3v) is 32.4. The highest BCUT2D eigenvalue weighted by Gasteiger charge is 2.47. The second kappa shape index (κ2) is 40.2. The van der Waals surface area contributed by atoms with E-state index in [4.69, 9.17) is 32.8 Å². The van der Waals surface area contributed by atoms with Crippen molar-refractivity contribution < 1.29 is 61.6 Å². The Morgan fingerprint density at radius 3 is 1.38 bits per heavy atom. The van der Waals surface area contributed by atoms with Crippen LogP contribution in [0.4, 0.5) is 0 Å². The molecule has 133 heavy (non-hydrogen) atoms. The molecular weight excluding hydrogens is 1660 g/mol. The molecule has 14 bridgehead atoms. The number of aryl methyl sites for hydroxylation is 2. The van der Waals surface area contributed by atoms with Crippen molar-refractivity contribution in [2.24, 2.45) is 124 Å². The first kappa shape index (κ1) is 89.7. The number of hydrogen-bond donors (Lipinski definition) is 0. The first-order valence-corrected chi connectivity index (χ1v) is 49.7. The lowest BCUT2D eigenvalue weighted by molar-refractivity contribution is -0.140. The van der Waals surface area contributed by atoms with Crippen LogP contribution in [0.2, 0.25) is 0 Å². The summed E-state index contributed by atoms with van der Waals surface area (Å²) in [5, 5.41) is 3.29. The summed E-state index contributed by atoms with van der Waals surface area (Å²) in [5.74, 6) is 15.9. The van der Waals surface area contributed by atoms with Crippen LogP contribution in [0.3, 0.4) is 0 Å². The molecule has 16 nitrogen and oxygen atoms in total. The average molecular weight is 1780 g/mol. The summed E-state index contributed by atoms with van der Waals surface area (Å²) in [6.45, 7) is 12.5. The monoisotopic (exact) mass is 1780 g/mol. The fraction of sp³-hybridized carbons (Fsp3) is 0.444. The van der Waals surface area contributed by atoms with E-state index in [0.29, 0.717) is 137 Å².